The maximum atomic E-state index is 12.3. The number of hydrogen-bond donors (Lipinski definition) is 2. The summed E-state index contributed by atoms with van der Waals surface area (Å²) in [7, 11) is 0. The van der Waals surface area contributed by atoms with Crippen LogP contribution in [0.4, 0.5) is 0 Å². The topological polar surface area (TPSA) is 41.1 Å². The number of hydrogen-bond acceptors (Lipinski definition) is 2. The lowest BCUT2D eigenvalue weighted by molar-refractivity contribution is -0.127. The number of carbonyl (C=O) groups excluding carboxylic acids is 1. The van der Waals surface area contributed by atoms with E-state index in [1.807, 2.05) is 38.1 Å². The summed E-state index contributed by atoms with van der Waals surface area (Å²) in [5, 5.41) is 6.36. The summed E-state index contributed by atoms with van der Waals surface area (Å²) in [5.74, 6) is 0.0903. The second-order valence-corrected chi connectivity index (χ2v) is 6.03. The van der Waals surface area contributed by atoms with Crippen LogP contribution in [0.15, 0.2) is 28.7 Å². The number of carbonyl (C=O) groups is 1. The largest absolute Gasteiger partial charge is 0.348 e. The molecular formula is C14H19BrN2O. The third kappa shape index (κ3) is 2.93. The van der Waals surface area contributed by atoms with Gasteiger partial charge in [0.2, 0.25) is 5.91 Å². The van der Waals surface area contributed by atoms with E-state index in [1.54, 1.807) is 0 Å². The molecule has 98 valence electrons. The smallest absolute Gasteiger partial charge is 0.240 e. The molecule has 1 heterocycles. The minimum absolute atomic E-state index is 0.0224. The first-order chi connectivity index (χ1) is 8.51. The zero-order valence-corrected chi connectivity index (χ0v) is 12.4. The van der Waals surface area contributed by atoms with Crippen LogP contribution in [0.2, 0.25) is 0 Å². The SMILES string of the molecule is CC(NC(=O)C1(C)CCCN1)c1cccc(Br)c1. The van der Waals surface area contributed by atoms with Gasteiger partial charge in [0.15, 0.2) is 0 Å². The molecule has 3 nitrogen and oxygen atoms in total. The molecular weight excluding hydrogens is 292 g/mol. The molecule has 0 spiro atoms. The number of amides is 1. The number of benzene rings is 1. The summed E-state index contributed by atoms with van der Waals surface area (Å²) in [6.07, 6.45) is 1.97. The van der Waals surface area contributed by atoms with Gasteiger partial charge in [-0.05, 0) is 50.9 Å². The monoisotopic (exact) mass is 310 g/mol. The molecule has 0 bridgehead atoms. The summed E-state index contributed by atoms with van der Waals surface area (Å²) in [5.41, 5.74) is 0.708. The molecule has 1 amide bonds. The van der Waals surface area contributed by atoms with Crippen LogP contribution in [-0.4, -0.2) is 18.0 Å². The van der Waals surface area contributed by atoms with Crippen LogP contribution < -0.4 is 10.6 Å². The minimum atomic E-state index is -0.403. The Labute approximate surface area is 116 Å². The normalized spacial score (nSPS) is 24.8. The van der Waals surface area contributed by atoms with Crippen LogP contribution in [0.1, 0.15) is 38.3 Å². The Bertz CT molecular complexity index is 441. The van der Waals surface area contributed by atoms with Gasteiger partial charge in [-0.2, -0.15) is 0 Å². The minimum Gasteiger partial charge on any atom is -0.348 e. The molecule has 1 saturated heterocycles. The van der Waals surface area contributed by atoms with E-state index in [0.717, 1.165) is 29.4 Å². The first kappa shape index (κ1) is 13.6. The van der Waals surface area contributed by atoms with Crippen LogP contribution in [0, 0.1) is 0 Å². The van der Waals surface area contributed by atoms with Crippen LogP contribution in [0.3, 0.4) is 0 Å². The molecule has 1 aliphatic rings. The standard InChI is InChI=1S/C14H19BrN2O/c1-10(11-5-3-6-12(15)9-11)17-13(18)14(2)7-4-8-16-14/h3,5-6,9-10,16H,4,7-8H2,1-2H3,(H,17,18). The lowest BCUT2D eigenvalue weighted by Gasteiger charge is -2.26. The highest BCUT2D eigenvalue weighted by Gasteiger charge is 2.36. The van der Waals surface area contributed by atoms with E-state index < -0.39 is 5.54 Å². The van der Waals surface area contributed by atoms with E-state index in [0.29, 0.717) is 0 Å². The van der Waals surface area contributed by atoms with Gasteiger partial charge in [0.1, 0.15) is 0 Å². The van der Waals surface area contributed by atoms with Crippen molar-refractivity contribution in [3.8, 4) is 0 Å². The van der Waals surface area contributed by atoms with Gasteiger partial charge in [0.25, 0.3) is 0 Å². The Morgan fingerprint density at radius 2 is 2.33 bits per heavy atom. The molecule has 1 fully saturated rings. The van der Waals surface area contributed by atoms with Gasteiger partial charge in [0, 0.05) is 4.47 Å². The average Bonchev–Trinajstić information content (AvgIpc) is 2.77. The Hall–Kier alpha value is -0.870. The molecule has 0 aromatic heterocycles. The number of halogens is 1. The Morgan fingerprint density at radius 3 is 2.94 bits per heavy atom. The van der Waals surface area contributed by atoms with Gasteiger partial charge in [-0.3, -0.25) is 4.79 Å². The second-order valence-electron chi connectivity index (χ2n) is 5.11. The molecule has 1 aromatic rings. The Morgan fingerprint density at radius 1 is 1.56 bits per heavy atom. The fraction of sp³-hybridized carbons (Fsp3) is 0.500. The second kappa shape index (κ2) is 5.41. The fourth-order valence-electron chi connectivity index (χ4n) is 2.30. The van der Waals surface area contributed by atoms with Crippen molar-refractivity contribution >= 4 is 21.8 Å². The van der Waals surface area contributed by atoms with Crippen molar-refractivity contribution in [2.45, 2.75) is 38.3 Å². The van der Waals surface area contributed by atoms with Crippen LogP contribution >= 0.6 is 15.9 Å². The maximum absolute atomic E-state index is 12.3. The van der Waals surface area contributed by atoms with Gasteiger partial charge in [-0.15, -0.1) is 0 Å². The molecule has 18 heavy (non-hydrogen) atoms. The van der Waals surface area contributed by atoms with E-state index in [4.69, 9.17) is 0 Å². The third-order valence-corrected chi connectivity index (χ3v) is 4.06. The maximum Gasteiger partial charge on any atom is 0.240 e. The molecule has 2 unspecified atom stereocenters. The van der Waals surface area contributed by atoms with Crippen LogP contribution in [0.25, 0.3) is 0 Å². The molecule has 0 saturated carbocycles. The van der Waals surface area contributed by atoms with Gasteiger partial charge in [-0.1, -0.05) is 28.1 Å². The van der Waals surface area contributed by atoms with Gasteiger partial charge >= 0.3 is 0 Å². The van der Waals surface area contributed by atoms with Crippen molar-refractivity contribution in [2.75, 3.05) is 6.54 Å². The molecule has 2 atom stereocenters. The van der Waals surface area contributed by atoms with E-state index in [9.17, 15) is 4.79 Å². The first-order valence-corrected chi connectivity index (χ1v) is 7.12. The van der Waals surface area contributed by atoms with E-state index >= 15 is 0 Å². The summed E-state index contributed by atoms with van der Waals surface area (Å²) < 4.78 is 1.03. The van der Waals surface area contributed by atoms with Crippen molar-refractivity contribution in [3.63, 3.8) is 0 Å². The highest BCUT2D eigenvalue weighted by Crippen LogP contribution is 2.22. The summed E-state index contributed by atoms with van der Waals surface area (Å²) in [6, 6.07) is 8.06. The quantitative estimate of drug-likeness (QED) is 0.901. The molecule has 1 aliphatic heterocycles. The van der Waals surface area contributed by atoms with Crippen molar-refractivity contribution < 1.29 is 4.79 Å². The van der Waals surface area contributed by atoms with Gasteiger partial charge < -0.3 is 10.6 Å². The number of rotatable bonds is 3. The average molecular weight is 311 g/mol. The van der Waals surface area contributed by atoms with Gasteiger partial charge in [0.05, 0.1) is 11.6 Å². The molecule has 4 heteroatoms. The number of nitrogens with one attached hydrogen (secondary N) is 2. The zero-order chi connectivity index (χ0) is 13.2. The highest BCUT2D eigenvalue weighted by molar-refractivity contribution is 9.10. The Kier molecular flexibility index (Phi) is 4.07. The zero-order valence-electron chi connectivity index (χ0n) is 10.8. The Balaban J connectivity index is 2.03. The van der Waals surface area contributed by atoms with E-state index in [1.165, 1.54) is 0 Å². The van der Waals surface area contributed by atoms with Crippen LogP contribution in [-0.2, 0) is 4.79 Å². The first-order valence-electron chi connectivity index (χ1n) is 6.33. The van der Waals surface area contributed by atoms with Crippen molar-refractivity contribution in [2.24, 2.45) is 0 Å². The fourth-order valence-corrected chi connectivity index (χ4v) is 2.72. The molecule has 1 aromatic carbocycles. The van der Waals surface area contributed by atoms with Crippen molar-refractivity contribution in [3.05, 3.63) is 34.3 Å². The third-order valence-electron chi connectivity index (χ3n) is 3.57. The van der Waals surface area contributed by atoms with Crippen LogP contribution in [0.5, 0.6) is 0 Å². The predicted molar refractivity (Wildman–Crippen MR) is 76.3 cm³/mol. The van der Waals surface area contributed by atoms with Gasteiger partial charge in [-0.25, -0.2) is 0 Å². The molecule has 2 N–H and O–H groups in total. The summed E-state index contributed by atoms with van der Waals surface area (Å²) in [4.78, 5) is 12.3. The molecule has 2 rings (SSSR count). The van der Waals surface area contributed by atoms with Crippen molar-refractivity contribution in [1.82, 2.24) is 10.6 Å². The molecule has 0 aliphatic carbocycles. The van der Waals surface area contributed by atoms with Crippen molar-refractivity contribution in [1.29, 1.82) is 0 Å². The highest BCUT2D eigenvalue weighted by atomic mass is 79.9. The summed E-state index contributed by atoms with van der Waals surface area (Å²) >= 11 is 3.45. The lowest BCUT2D eigenvalue weighted by atomic mass is 9.98. The lowest BCUT2D eigenvalue weighted by Crippen LogP contribution is -2.51. The predicted octanol–water partition coefficient (Wildman–Crippen LogP) is 2.77. The van der Waals surface area contributed by atoms with E-state index in [-0.39, 0.29) is 11.9 Å². The summed E-state index contributed by atoms with van der Waals surface area (Å²) in [6.45, 7) is 4.91. The van der Waals surface area contributed by atoms with E-state index in [2.05, 4.69) is 26.6 Å². The molecule has 0 radical (unpaired) electrons.